The van der Waals surface area contributed by atoms with Gasteiger partial charge < -0.3 is 15.7 Å². The van der Waals surface area contributed by atoms with E-state index in [0.717, 1.165) is 25.3 Å². The van der Waals surface area contributed by atoms with Crippen LogP contribution in [0, 0.1) is 5.82 Å². The quantitative estimate of drug-likeness (QED) is 0.599. The highest BCUT2D eigenvalue weighted by Crippen LogP contribution is 2.14. The smallest absolute Gasteiger partial charge is 0.256 e. The van der Waals surface area contributed by atoms with Gasteiger partial charge >= 0.3 is 0 Å². The van der Waals surface area contributed by atoms with Crippen LogP contribution in [-0.2, 0) is 0 Å². The second-order valence-electron chi connectivity index (χ2n) is 4.25. The summed E-state index contributed by atoms with van der Waals surface area (Å²) in [5.74, 6) is -0.946. The molecule has 0 heterocycles. The van der Waals surface area contributed by atoms with E-state index < -0.39 is 5.82 Å². The molecule has 5 heteroatoms. The topological polar surface area (TPSA) is 66.6 Å². The van der Waals surface area contributed by atoms with Gasteiger partial charge in [-0.2, -0.15) is 0 Å². The number of hydrogen-bond donors (Lipinski definition) is 2. The molecule has 0 aliphatic rings. The summed E-state index contributed by atoms with van der Waals surface area (Å²) in [5, 5.41) is 8.64. The summed E-state index contributed by atoms with van der Waals surface area (Å²) in [6, 6.07) is 4.06. The summed E-state index contributed by atoms with van der Waals surface area (Å²) in [4.78, 5) is 13.4. The van der Waals surface area contributed by atoms with Gasteiger partial charge in [0, 0.05) is 25.9 Å². The first kappa shape index (κ1) is 14.4. The number of amides is 1. The molecule has 0 saturated carbocycles. The van der Waals surface area contributed by atoms with Crippen LogP contribution in [-0.4, -0.2) is 36.1 Å². The lowest BCUT2D eigenvalue weighted by Crippen LogP contribution is -2.28. The van der Waals surface area contributed by atoms with E-state index in [0.29, 0.717) is 12.2 Å². The van der Waals surface area contributed by atoms with Gasteiger partial charge in [-0.15, -0.1) is 0 Å². The van der Waals surface area contributed by atoms with Crippen molar-refractivity contribution in [3.05, 3.63) is 29.6 Å². The number of nitrogens with two attached hydrogens (primary N) is 1. The first-order valence-electron chi connectivity index (χ1n) is 5.97. The standard InChI is InChI=1S/C13H19FN2O2/c1-16(7-3-2-4-8-17)13(18)11-6-5-10(15)9-12(11)14/h5-6,9,17H,2-4,7-8,15H2,1H3. The van der Waals surface area contributed by atoms with Gasteiger partial charge in [-0.05, 0) is 37.5 Å². The van der Waals surface area contributed by atoms with E-state index in [-0.39, 0.29) is 18.1 Å². The Morgan fingerprint density at radius 2 is 2.11 bits per heavy atom. The third kappa shape index (κ3) is 4.00. The fourth-order valence-electron chi connectivity index (χ4n) is 1.65. The molecule has 0 atom stereocenters. The second-order valence-corrected chi connectivity index (χ2v) is 4.25. The lowest BCUT2D eigenvalue weighted by atomic mass is 10.1. The molecule has 1 aromatic rings. The van der Waals surface area contributed by atoms with Gasteiger partial charge in [-0.25, -0.2) is 4.39 Å². The Labute approximate surface area is 106 Å². The van der Waals surface area contributed by atoms with E-state index in [9.17, 15) is 9.18 Å². The molecule has 4 nitrogen and oxygen atoms in total. The predicted molar refractivity (Wildman–Crippen MR) is 68.7 cm³/mol. The van der Waals surface area contributed by atoms with Crippen molar-refractivity contribution in [2.24, 2.45) is 0 Å². The molecule has 3 N–H and O–H groups in total. The van der Waals surface area contributed by atoms with Crippen molar-refractivity contribution in [3.63, 3.8) is 0 Å². The van der Waals surface area contributed by atoms with E-state index in [1.807, 2.05) is 0 Å². The number of halogens is 1. The SMILES string of the molecule is CN(CCCCCO)C(=O)c1ccc(N)cc1F. The number of nitrogen functional groups attached to an aromatic ring is 1. The molecule has 100 valence electrons. The molecule has 0 aliphatic carbocycles. The Bertz CT molecular complexity index is 410. The van der Waals surface area contributed by atoms with Crippen LogP contribution in [0.4, 0.5) is 10.1 Å². The minimum absolute atomic E-state index is 0.0360. The average molecular weight is 254 g/mol. The summed E-state index contributed by atoms with van der Waals surface area (Å²) in [6.07, 6.45) is 2.36. The van der Waals surface area contributed by atoms with E-state index >= 15 is 0 Å². The molecule has 0 spiro atoms. The summed E-state index contributed by atoms with van der Waals surface area (Å²) in [5.41, 5.74) is 5.77. The van der Waals surface area contributed by atoms with Gasteiger partial charge in [-0.1, -0.05) is 0 Å². The van der Waals surface area contributed by atoms with E-state index in [1.165, 1.54) is 17.0 Å². The fraction of sp³-hybridized carbons (Fsp3) is 0.462. The lowest BCUT2D eigenvalue weighted by Gasteiger charge is -2.17. The number of anilines is 1. The molecular weight excluding hydrogens is 235 g/mol. The maximum absolute atomic E-state index is 13.5. The van der Waals surface area contributed by atoms with Gasteiger partial charge in [0.15, 0.2) is 0 Å². The van der Waals surface area contributed by atoms with Crippen molar-refractivity contribution < 1.29 is 14.3 Å². The third-order valence-corrected chi connectivity index (χ3v) is 2.72. The Morgan fingerprint density at radius 1 is 1.39 bits per heavy atom. The lowest BCUT2D eigenvalue weighted by molar-refractivity contribution is 0.0787. The second kappa shape index (κ2) is 6.96. The van der Waals surface area contributed by atoms with E-state index in [4.69, 9.17) is 10.8 Å². The number of aliphatic hydroxyl groups excluding tert-OH is 1. The van der Waals surface area contributed by atoms with Crippen LogP contribution in [0.5, 0.6) is 0 Å². The van der Waals surface area contributed by atoms with Crippen LogP contribution < -0.4 is 5.73 Å². The van der Waals surface area contributed by atoms with Gasteiger partial charge in [-0.3, -0.25) is 4.79 Å². The van der Waals surface area contributed by atoms with Crippen LogP contribution in [0.25, 0.3) is 0 Å². The van der Waals surface area contributed by atoms with Crippen LogP contribution in [0.3, 0.4) is 0 Å². The largest absolute Gasteiger partial charge is 0.399 e. The van der Waals surface area contributed by atoms with Crippen molar-refractivity contribution in [2.45, 2.75) is 19.3 Å². The maximum Gasteiger partial charge on any atom is 0.256 e. The number of hydrogen-bond acceptors (Lipinski definition) is 3. The summed E-state index contributed by atoms with van der Waals surface area (Å²) >= 11 is 0. The summed E-state index contributed by atoms with van der Waals surface area (Å²) in [7, 11) is 1.64. The zero-order valence-electron chi connectivity index (χ0n) is 10.5. The minimum atomic E-state index is -0.595. The Kier molecular flexibility index (Phi) is 5.58. The van der Waals surface area contributed by atoms with Gasteiger partial charge in [0.25, 0.3) is 5.91 Å². The van der Waals surface area contributed by atoms with Crippen LogP contribution in [0.15, 0.2) is 18.2 Å². The minimum Gasteiger partial charge on any atom is -0.399 e. The van der Waals surface area contributed by atoms with Crippen molar-refractivity contribution in [2.75, 3.05) is 25.9 Å². The highest BCUT2D eigenvalue weighted by Gasteiger charge is 2.15. The van der Waals surface area contributed by atoms with Crippen molar-refractivity contribution >= 4 is 11.6 Å². The Morgan fingerprint density at radius 3 is 2.72 bits per heavy atom. The molecule has 1 amide bonds. The van der Waals surface area contributed by atoms with Gasteiger partial charge in [0.05, 0.1) is 5.56 Å². The van der Waals surface area contributed by atoms with E-state index in [1.54, 1.807) is 7.05 Å². The van der Waals surface area contributed by atoms with Gasteiger partial charge in [0.1, 0.15) is 5.82 Å². The molecule has 1 aromatic carbocycles. The normalized spacial score (nSPS) is 10.4. The zero-order chi connectivity index (χ0) is 13.5. The van der Waals surface area contributed by atoms with E-state index in [2.05, 4.69) is 0 Å². The molecule has 0 aliphatic heterocycles. The highest BCUT2D eigenvalue weighted by atomic mass is 19.1. The van der Waals surface area contributed by atoms with Crippen LogP contribution >= 0.6 is 0 Å². The molecular formula is C13H19FN2O2. The number of unbranched alkanes of at least 4 members (excludes halogenated alkanes) is 2. The number of benzene rings is 1. The van der Waals surface area contributed by atoms with Crippen molar-refractivity contribution in [1.29, 1.82) is 0 Å². The summed E-state index contributed by atoms with van der Waals surface area (Å²) < 4.78 is 13.5. The van der Waals surface area contributed by atoms with Crippen molar-refractivity contribution in [1.82, 2.24) is 4.90 Å². The monoisotopic (exact) mass is 254 g/mol. The first-order chi connectivity index (χ1) is 8.56. The fourth-order valence-corrected chi connectivity index (χ4v) is 1.65. The molecule has 1 rings (SSSR count). The Balaban J connectivity index is 2.57. The number of aliphatic hydroxyl groups is 1. The summed E-state index contributed by atoms with van der Waals surface area (Å²) in [6.45, 7) is 0.701. The number of nitrogens with zero attached hydrogens (tertiary/aromatic N) is 1. The average Bonchev–Trinajstić information content (AvgIpc) is 2.33. The molecule has 0 unspecified atom stereocenters. The van der Waals surface area contributed by atoms with Crippen molar-refractivity contribution in [3.8, 4) is 0 Å². The van der Waals surface area contributed by atoms with Crippen LogP contribution in [0.2, 0.25) is 0 Å². The molecule has 0 fully saturated rings. The molecule has 0 radical (unpaired) electrons. The van der Waals surface area contributed by atoms with Crippen LogP contribution in [0.1, 0.15) is 29.6 Å². The number of rotatable bonds is 6. The predicted octanol–water partition coefficient (Wildman–Crippen LogP) is 1.64. The first-order valence-corrected chi connectivity index (χ1v) is 5.97. The molecule has 0 aromatic heterocycles. The highest BCUT2D eigenvalue weighted by molar-refractivity contribution is 5.94. The third-order valence-electron chi connectivity index (χ3n) is 2.72. The molecule has 0 saturated heterocycles. The maximum atomic E-state index is 13.5. The Hall–Kier alpha value is -1.62. The zero-order valence-corrected chi connectivity index (χ0v) is 10.5. The number of carbonyl (C=O) groups excluding carboxylic acids is 1. The van der Waals surface area contributed by atoms with Gasteiger partial charge in [0.2, 0.25) is 0 Å². The number of carbonyl (C=O) groups is 1. The molecule has 18 heavy (non-hydrogen) atoms. The molecule has 0 bridgehead atoms.